The second-order valence-corrected chi connectivity index (χ2v) is 7.17. The zero-order valence-corrected chi connectivity index (χ0v) is 15.6. The van der Waals surface area contributed by atoms with Gasteiger partial charge in [0.05, 0.1) is 23.5 Å². The first kappa shape index (κ1) is 18.9. The molecule has 1 aromatic carbocycles. The molecule has 0 spiro atoms. The number of aliphatic hydroxyl groups excluding tert-OH is 1. The minimum atomic E-state index is -1.08. The maximum atomic E-state index is 12.8. The average molecular weight is 395 g/mol. The third-order valence-electron chi connectivity index (χ3n) is 5.07. The molecular formula is C21H21N3O5. The second kappa shape index (κ2) is 7.92. The Morgan fingerprint density at radius 2 is 2.07 bits per heavy atom. The predicted octanol–water partition coefficient (Wildman–Crippen LogP) is 1.47. The van der Waals surface area contributed by atoms with E-state index in [9.17, 15) is 14.7 Å². The molecule has 3 heterocycles. The Kier molecular flexibility index (Phi) is 5.18. The molecule has 0 bridgehead atoms. The highest BCUT2D eigenvalue weighted by molar-refractivity contribution is 5.94. The van der Waals surface area contributed by atoms with Crippen molar-refractivity contribution >= 4 is 17.4 Å². The quantitative estimate of drug-likeness (QED) is 0.655. The van der Waals surface area contributed by atoms with Crippen LogP contribution >= 0.6 is 0 Å². The van der Waals surface area contributed by atoms with Gasteiger partial charge in [-0.25, -0.2) is 4.79 Å². The molecule has 2 atom stereocenters. The minimum Gasteiger partial charge on any atom is -0.482 e. The molecule has 29 heavy (non-hydrogen) atoms. The van der Waals surface area contributed by atoms with Crippen molar-refractivity contribution in [1.29, 1.82) is 0 Å². The third-order valence-corrected chi connectivity index (χ3v) is 5.07. The number of carbonyl (C=O) groups is 2. The lowest BCUT2D eigenvalue weighted by Crippen LogP contribution is -2.29. The number of likely N-dealkylation sites (tertiary alicyclic amines) is 1. The van der Waals surface area contributed by atoms with Crippen molar-refractivity contribution in [3.05, 3.63) is 66.2 Å². The summed E-state index contributed by atoms with van der Waals surface area (Å²) in [5.74, 6) is -1.09. The molecule has 1 fully saturated rings. The Hall–Kier alpha value is -3.39. The molecule has 150 valence electrons. The van der Waals surface area contributed by atoms with E-state index in [2.05, 4.69) is 4.98 Å². The Morgan fingerprint density at radius 1 is 1.21 bits per heavy atom. The fraction of sp³-hybridized carbons (Fsp3) is 0.286. The zero-order valence-electron chi connectivity index (χ0n) is 15.6. The van der Waals surface area contributed by atoms with Crippen molar-refractivity contribution in [3.8, 4) is 5.75 Å². The summed E-state index contributed by atoms with van der Waals surface area (Å²) < 4.78 is 7.12. The number of fused-ring (bicyclic) bond motifs is 1. The number of amides is 1. The van der Waals surface area contributed by atoms with Crippen molar-refractivity contribution in [2.45, 2.75) is 12.5 Å². The molecule has 3 aromatic rings. The van der Waals surface area contributed by atoms with E-state index in [4.69, 9.17) is 9.84 Å². The van der Waals surface area contributed by atoms with Crippen LogP contribution in [-0.4, -0.2) is 62.2 Å². The lowest BCUT2D eigenvalue weighted by atomic mass is 10.0. The smallest absolute Gasteiger partial charge is 0.341 e. The molecule has 1 aliphatic rings. The largest absolute Gasteiger partial charge is 0.482 e. The van der Waals surface area contributed by atoms with Crippen molar-refractivity contribution < 1.29 is 24.5 Å². The van der Waals surface area contributed by atoms with Crippen LogP contribution in [0, 0.1) is 5.92 Å². The molecule has 1 saturated heterocycles. The Morgan fingerprint density at radius 3 is 2.90 bits per heavy atom. The van der Waals surface area contributed by atoms with Gasteiger partial charge in [0.2, 0.25) is 0 Å². The number of carboxylic acids is 1. The van der Waals surface area contributed by atoms with Gasteiger partial charge in [0, 0.05) is 37.0 Å². The van der Waals surface area contributed by atoms with Crippen molar-refractivity contribution in [2.24, 2.45) is 5.92 Å². The van der Waals surface area contributed by atoms with Gasteiger partial charge in [-0.1, -0.05) is 6.07 Å². The van der Waals surface area contributed by atoms with Crippen LogP contribution in [-0.2, 0) is 11.2 Å². The van der Waals surface area contributed by atoms with E-state index in [0.717, 1.165) is 11.2 Å². The number of hydrogen-bond acceptors (Lipinski definition) is 5. The summed E-state index contributed by atoms with van der Waals surface area (Å²) in [5, 5.41) is 19.2. The standard InChI is InChI=1S/C21H21N3O5/c25-19-12-24(21(28)14-3-1-5-18(8-14)29-13-20(26)27)10-15(19)7-16-11-23-6-2-4-17(23)9-22-16/h1-6,8-9,11,15,19,25H,7,10,12-13H2,(H,26,27)/t15-,19+/m0/s1. The summed E-state index contributed by atoms with van der Waals surface area (Å²) in [5.41, 5.74) is 2.26. The van der Waals surface area contributed by atoms with Crippen molar-refractivity contribution in [1.82, 2.24) is 14.3 Å². The van der Waals surface area contributed by atoms with E-state index in [1.807, 2.05) is 28.9 Å². The molecule has 8 heteroatoms. The highest BCUT2D eigenvalue weighted by Gasteiger charge is 2.34. The fourth-order valence-corrected chi connectivity index (χ4v) is 3.62. The number of aliphatic hydroxyl groups is 1. The summed E-state index contributed by atoms with van der Waals surface area (Å²) in [6.07, 6.45) is 5.62. The van der Waals surface area contributed by atoms with Crippen LogP contribution in [0.25, 0.3) is 5.52 Å². The Balaban J connectivity index is 1.43. The molecule has 2 N–H and O–H groups in total. The number of carboxylic acid groups (broad SMARTS) is 1. The van der Waals surface area contributed by atoms with Crippen LogP contribution in [0.3, 0.4) is 0 Å². The number of hydrogen-bond donors (Lipinski definition) is 2. The molecule has 1 amide bonds. The predicted molar refractivity (Wildman–Crippen MR) is 104 cm³/mol. The maximum absolute atomic E-state index is 12.8. The fourth-order valence-electron chi connectivity index (χ4n) is 3.62. The molecule has 1 aliphatic heterocycles. The SMILES string of the molecule is O=C(O)COc1cccc(C(=O)N2C[C@H](Cc3cn4cccc4cn3)[C@H](O)C2)c1. The van der Waals surface area contributed by atoms with Crippen molar-refractivity contribution in [2.75, 3.05) is 19.7 Å². The van der Waals surface area contributed by atoms with E-state index < -0.39 is 18.7 Å². The summed E-state index contributed by atoms with van der Waals surface area (Å²) in [7, 11) is 0. The van der Waals surface area contributed by atoms with Gasteiger partial charge in [-0.15, -0.1) is 0 Å². The normalized spacial score (nSPS) is 18.9. The number of carbonyl (C=O) groups excluding carboxylic acids is 1. The number of ether oxygens (including phenoxy) is 1. The first-order chi connectivity index (χ1) is 14.0. The molecule has 0 unspecified atom stereocenters. The summed E-state index contributed by atoms with van der Waals surface area (Å²) in [4.78, 5) is 29.6. The van der Waals surface area contributed by atoms with Crippen LogP contribution in [0.2, 0.25) is 0 Å². The van der Waals surface area contributed by atoms with Gasteiger partial charge in [0.1, 0.15) is 5.75 Å². The number of nitrogens with zero attached hydrogens (tertiary/aromatic N) is 3. The van der Waals surface area contributed by atoms with Crippen LogP contribution < -0.4 is 4.74 Å². The first-order valence-corrected chi connectivity index (χ1v) is 9.33. The monoisotopic (exact) mass is 395 g/mol. The first-order valence-electron chi connectivity index (χ1n) is 9.33. The van der Waals surface area contributed by atoms with Gasteiger partial charge in [0.25, 0.3) is 5.91 Å². The van der Waals surface area contributed by atoms with Gasteiger partial charge < -0.3 is 24.3 Å². The number of aliphatic carboxylic acids is 1. The Bertz CT molecular complexity index is 1050. The number of benzene rings is 1. The second-order valence-electron chi connectivity index (χ2n) is 7.17. The number of rotatable bonds is 6. The van der Waals surface area contributed by atoms with Crippen molar-refractivity contribution in [3.63, 3.8) is 0 Å². The lowest BCUT2D eigenvalue weighted by Gasteiger charge is -2.16. The third kappa shape index (κ3) is 4.22. The molecule has 0 aliphatic carbocycles. The molecule has 0 radical (unpaired) electrons. The lowest BCUT2D eigenvalue weighted by molar-refractivity contribution is -0.139. The van der Waals surface area contributed by atoms with Gasteiger partial charge in [-0.3, -0.25) is 9.78 Å². The molecule has 4 rings (SSSR count). The zero-order chi connectivity index (χ0) is 20.4. The van der Waals surface area contributed by atoms with E-state index >= 15 is 0 Å². The topological polar surface area (TPSA) is 104 Å². The summed E-state index contributed by atoms with van der Waals surface area (Å²) >= 11 is 0. The average Bonchev–Trinajstić information content (AvgIpc) is 3.32. The maximum Gasteiger partial charge on any atom is 0.341 e. The summed E-state index contributed by atoms with van der Waals surface area (Å²) in [6, 6.07) is 10.3. The van der Waals surface area contributed by atoms with E-state index in [0.29, 0.717) is 24.3 Å². The molecule has 2 aromatic heterocycles. The molecular weight excluding hydrogens is 374 g/mol. The van der Waals surface area contributed by atoms with E-state index in [1.54, 1.807) is 29.3 Å². The molecule has 0 saturated carbocycles. The van der Waals surface area contributed by atoms with E-state index in [1.165, 1.54) is 6.07 Å². The minimum absolute atomic E-state index is 0.106. The van der Waals surface area contributed by atoms with Gasteiger partial charge in [-0.05, 0) is 36.8 Å². The van der Waals surface area contributed by atoms with Crippen LogP contribution in [0.5, 0.6) is 5.75 Å². The highest BCUT2D eigenvalue weighted by Crippen LogP contribution is 2.24. The van der Waals surface area contributed by atoms with Crippen LogP contribution in [0.1, 0.15) is 16.1 Å². The van der Waals surface area contributed by atoms with Gasteiger partial charge in [-0.2, -0.15) is 0 Å². The van der Waals surface area contributed by atoms with Gasteiger partial charge >= 0.3 is 5.97 Å². The Labute approximate surface area is 167 Å². The number of β-amino-alcohol motifs (C(OH)–C–C–N with tert-alkyl or cyclic N) is 1. The number of aromatic nitrogens is 2. The van der Waals surface area contributed by atoms with Gasteiger partial charge in [0.15, 0.2) is 6.61 Å². The summed E-state index contributed by atoms with van der Waals surface area (Å²) in [6.45, 7) is 0.196. The van der Waals surface area contributed by atoms with Crippen LogP contribution in [0.4, 0.5) is 0 Å². The van der Waals surface area contributed by atoms with Crippen LogP contribution in [0.15, 0.2) is 55.0 Å². The molecule has 8 nitrogen and oxygen atoms in total. The van der Waals surface area contributed by atoms with E-state index in [-0.39, 0.29) is 18.4 Å². The highest BCUT2D eigenvalue weighted by atomic mass is 16.5.